The van der Waals surface area contributed by atoms with Crippen molar-refractivity contribution < 1.29 is 14.3 Å². The van der Waals surface area contributed by atoms with E-state index in [9.17, 15) is 9.59 Å². The molecule has 0 bridgehead atoms. The van der Waals surface area contributed by atoms with Crippen molar-refractivity contribution in [2.45, 2.75) is 26.2 Å². The molecule has 30 heavy (non-hydrogen) atoms. The highest BCUT2D eigenvalue weighted by atomic mass is 32.1. The highest BCUT2D eigenvalue weighted by Gasteiger charge is 2.25. The molecule has 1 saturated heterocycles. The van der Waals surface area contributed by atoms with Gasteiger partial charge in [0.25, 0.3) is 0 Å². The van der Waals surface area contributed by atoms with Gasteiger partial charge in [0, 0.05) is 37.1 Å². The van der Waals surface area contributed by atoms with Crippen molar-refractivity contribution in [2.24, 2.45) is 5.92 Å². The zero-order valence-corrected chi connectivity index (χ0v) is 18.5. The first kappa shape index (κ1) is 22.4. The minimum Gasteiger partial charge on any atom is -0.385 e. The average Bonchev–Trinajstić information content (AvgIpc) is 3.20. The maximum absolute atomic E-state index is 12.4. The van der Waals surface area contributed by atoms with Crippen LogP contribution in [0.5, 0.6) is 0 Å². The molecule has 0 saturated carbocycles. The lowest BCUT2D eigenvalue weighted by Crippen LogP contribution is -2.43. The van der Waals surface area contributed by atoms with E-state index < -0.39 is 0 Å². The molecule has 1 aromatic carbocycles. The third-order valence-corrected chi connectivity index (χ3v) is 6.01. The minimum absolute atomic E-state index is 0.0305. The van der Waals surface area contributed by atoms with Crippen molar-refractivity contribution in [1.29, 1.82) is 0 Å². The van der Waals surface area contributed by atoms with E-state index in [1.165, 1.54) is 16.9 Å². The molecule has 1 aromatic heterocycles. The number of rotatable bonds is 9. The zero-order valence-electron chi connectivity index (χ0n) is 17.6. The lowest BCUT2D eigenvalue weighted by molar-refractivity contribution is -0.126. The monoisotopic (exact) mass is 430 g/mol. The average molecular weight is 431 g/mol. The van der Waals surface area contributed by atoms with E-state index in [0.29, 0.717) is 24.8 Å². The van der Waals surface area contributed by atoms with Crippen LogP contribution in [-0.2, 0) is 14.3 Å². The first-order chi connectivity index (χ1) is 14.5. The van der Waals surface area contributed by atoms with E-state index in [2.05, 4.69) is 39.6 Å². The summed E-state index contributed by atoms with van der Waals surface area (Å²) >= 11 is 1.43. The summed E-state index contributed by atoms with van der Waals surface area (Å²) in [6, 6.07) is 8.18. The molecule has 0 spiro atoms. The molecule has 1 fully saturated rings. The predicted octanol–water partition coefficient (Wildman–Crippen LogP) is 2.92. The Morgan fingerprint density at radius 3 is 2.67 bits per heavy atom. The van der Waals surface area contributed by atoms with Crippen LogP contribution >= 0.6 is 11.3 Å². The lowest BCUT2D eigenvalue weighted by Gasteiger charge is -2.30. The van der Waals surface area contributed by atoms with E-state index in [1.54, 1.807) is 7.11 Å². The molecule has 2 aromatic rings. The summed E-state index contributed by atoms with van der Waals surface area (Å²) in [4.78, 5) is 31.2. The molecular formula is C22H30N4O3S. The van der Waals surface area contributed by atoms with Gasteiger partial charge in [-0.25, -0.2) is 4.98 Å². The Hall–Kier alpha value is -2.29. The van der Waals surface area contributed by atoms with Crippen LogP contribution < -0.4 is 10.6 Å². The first-order valence-electron chi connectivity index (χ1n) is 10.4. The molecule has 7 nitrogen and oxygen atoms in total. The molecule has 0 atom stereocenters. The van der Waals surface area contributed by atoms with E-state index in [4.69, 9.17) is 4.74 Å². The standard InChI is InChI=1S/C22H30N4O3S/c1-16-4-6-17(7-5-16)19-15-30-22(24-19)25-20(27)14-26-11-8-18(9-12-26)21(28)23-10-3-13-29-2/h4-7,15,18H,3,8-14H2,1-2H3,(H,23,28)(H,24,25,27). The van der Waals surface area contributed by atoms with Gasteiger partial charge in [-0.3, -0.25) is 14.5 Å². The number of amides is 2. The Morgan fingerprint density at radius 2 is 1.97 bits per heavy atom. The molecule has 2 heterocycles. The number of carbonyl (C=O) groups is 2. The Balaban J connectivity index is 1.40. The number of nitrogens with zero attached hydrogens (tertiary/aromatic N) is 2. The number of hydrogen-bond donors (Lipinski definition) is 2. The maximum atomic E-state index is 12.4. The second kappa shape index (κ2) is 11.2. The molecular weight excluding hydrogens is 400 g/mol. The molecule has 0 unspecified atom stereocenters. The summed E-state index contributed by atoms with van der Waals surface area (Å²) in [6.07, 6.45) is 2.38. The van der Waals surface area contributed by atoms with Crippen LogP contribution in [0.15, 0.2) is 29.6 Å². The predicted molar refractivity (Wildman–Crippen MR) is 120 cm³/mol. The molecule has 2 amide bonds. The van der Waals surface area contributed by atoms with Gasteiger partial charge in [-0.05, 0) is 39.3 Å². The topological polar surface area (TPSA) is 83.6 Å². The van der Waals surface area contributed by atoms with Crippen molar-refractivity contribution in [3.05, 3.63) is 35.2 Å². The third kappa shape index (κ3) is 6.62. The number of hydrogen-bond acceptors (Lipinski definition) is 6. The summed E-state index contributed by atoms with van der Waals surface area (Å²) in [6.45, 7) is 5.16. The van der Waals surface area contributed by atoms with E-state index in [1.807, 2.05) is 17.5 Å². The van der Waals surface area contributed by atoms with Crippen LogP contribution in [-0.4, -0.2) is 61.6 Å². The van der Waals surface area contributed by atoms with Crippen LogP contribution in [0.4, 0.5) is 5.13 Å². The molecule has 0 radical (unpaired) electrons. The second-order valence-electron chi connectivity index (χ2n) is 7.64. The summed E-state index contributed by atoms with van der Waals surface area (Å²) in [5.41, 5.74) is 3.11. The minimum atomic E-state index is -0.0673. The summed E-state index contributed by atoms with van der Waals surface area (Å²) < 4.78 is 4.99. The second-order valence-corrected chi connectivity index (χ2v) is 8.50. The van der Waals surface area contributed by atoms with Crippen molar-refractivity contribution in [1.82, 2.24) is 15.2 Å². The number of nitrogens with one attached hydrogen (secondary N) is 2. The van der Waals surface area contributed by atoms with E-state index in [0.717, 1.165) is 43.6 Å². The molecule has 0 aliphatic carbocycles. The molecule has 162 valence electrons. The number of thiazole rings is 1. The van der Waals surface area contributed by atoms with Crippen molar-refractivity contribution in [2.75, 3.05) is 45.2 Å². The molecule has 3 rings (SSSR count). The number of carbonyl (C=O) groups excluding carboxylic acids is 2. The van der Waals surface area contributed by atoms with Crippen molar-refractivity contribution >= 4 is 28.3 Å². The Kier molecular flexibility index (Phi) is 8.36. The number of likely N-dealkylation sites (tertiary alicyclic amines) is 1. The number of anilines is 1. The van der Waals surface area contributed by atoms with Crippen LogP contribution in [0, 0.1) is 12.8 Å². The smallest absolute Gasteiger partial charge is 0.240 e. The van der Waals surface area contributed by atoms with E-state index in [-0.39, 0.29) is 17.7 Å². The Labute approximate surface area is 181 Å². The zero-order chi connectivity index (χ0) is 21.3. The van der Waals surface area contributed by atoms with E-state index >= 15 is 0 Å². The quantitative estimate of drug-likeness (QED) is 0.598. The number of aryl methyl sites for hydroxylation is 1. The fourth-order valence-electron chi connectivity index (χ4n) is 3.48. The molecule has 1 aliphatic rings. The number of piperidine rings is 1. The molecule has 2 N–H and O–H groups in total. The summed E-state index contributed by atoms with van der Waals surface area (Å²) in [5.74, 6) is 0.0757. The normalized spacial score (nSPS) is 15.1. The van der Waals surface area contributed by atoms with Crippen LogP contribution in [0.1, 0.15) is 24.8 Å². The largest absolute Gasteiger partial charge is 0.385 e. The number of benzene rings is 1. The number of aromatic nitrogens is 1. The van der Waals surface area contributed by atoms with Gasteiger partial charge >= 0.3 is 0 Å². The van der Waals surface area contributed by atoms with Gasteiger partial charge in [0.15, 0.2) is 5.13 Å². The van der Waals surface area contributed by atoms with Crippen LogP contribution in [0.25, 0.3) is 11.3 Å². The summed E-state index contributed by atoms with van der Waals surface area (Å²) in [7, 11) is 1.66. The SMILES string of the molecule is COCCCNC(=O)C1CCN(CC(=O)Nc2nc(-c3ccc(C)cc3)cs2)CC1. The van der Waals surface area contributed by atoms with Gasteiger partial charge in [-0.15, -0.1) is 11.3 Å². The van der Waals surface area contributed by atoms with Gasteiger partial charge in [-0.1, -0.05) is 29.8 Å². The fraction of sp³-hybridized carbons (Fsp3) is 0.500. The Morgan fingerprint density at radius 1 is 1.23 bits per heavy atom. The van der Waals surface area contributed by atoms with Gasteiger partial charge in [0.1, 0.15) is 0 Å². The van der Waals surface area contributed by atoms with Crippen molar-refractivity contribution in [3.8, 4) is 11.3 Å². The summed E-state index contributed by atoms with van der Waals surface area (Å²) in [5, 5.41) is 8.44. The molecule has 8 heteroatoms. The molecule has 1 aliphatic heterocycles. The fourth-order valence-corrected chi connectivity index (χ4v) is 4.21. The van der Waals surface area contributed by atoms with Gasteiger partial charge in [0.05, 0.1) is 12.2 Å². The Bertz CT molecular complexity index is 829. The van der Waals surface area contributed by atoms with Gasteiger partial charge < -0.3 is 15.4 Å². The lowest BCUT2D eigenvalue weighted by atomic mass is 9.96. The maximum Gasteiger partial charge on any atom is 0.240 e. The highest BCUT2D eigenvalue weighted by Crippen LogP contribution is 2.25. The van der Waals surface area contributed by atoms with Crippen LogP contribution in [0.2, 0.25) is 0 Å². The number of methoxy groups -OCH3 is 1. The number of ether oxygens (including phenoxy) is 1. The van der Waals surface area contributed by atoms with Gasteiger partial charge in [-0.2, -0.15) is 0 Å². The third-order valence-electron chi connectivity index (χ3n) is 5.25. The first-order valence-corrected chi connectivity index (χ1v) is 11.2. The van der Waals surface area contributed by atoms with Gasteiger partial charge in [0.2, 0.25) is 11.8 Å². The van der Waals surface area contributed by atoms with Crippen molar-refractivity contribution in [3.63, 3.8) is 0 Å². The van der Waals surface area contributed by atoms with Crippen LogP contribution in [0.3, 0.4) is 0 Å². The highest BCUT2D eigenvalue weighted by molar-refractivity contribution is 7.14.